The monoisotopic (exact) mass is 467 g/mol. The average Bonchev–Trinajstić information content (AvgIpc) is 2.87. The van der Waals surface area contributed by atoms with Gasteiger partial charge in [0.2, 0.25) is 0 Å². The number of hydrogen-bond donors (Lipinski definition) is 2. The van der Waals surface area contributed by atoms with Gasteiger partial charge in [-0.05, 0) is 79.6 Å². The molecule has 0 bridgehead atoms. The van der Waals surface area contributed by atoms with Crippen molar-refractivity contribution < 1.29 is 14.9 Å². The van der Waals surface area contributed by atoms with Crippen molar-refractivity contribution in [3.05, 3.63) is 60.4 Å². The van der Waals surface area contributed by atoms with E-state index in [1.54, 1.807) is 25.1 Å². The van der Waals surface area contributed by atoms with E-state index in [0.717, 1.165) is 65.5 Å². The molecule has 0 amide bonds. The molecule has 0 aliphatic carbocycles. The summed E-state index contributed by atoms with van der Waals surface area (Å²) in [6, 6.07) is 13.7. The summed E-state index contributed by atoms with van der Waals surface area (Å²) >= 11 is 1.78. The fourth-order valence-electron chi connectivity index (χ4n) is 4.75. The number of hydrogen-bond acceptors (Lipinski definition) is 7. The van der Waals surface area contributed by atoms with E-state index in [1.807, 2.05) is 48.7 Å². The number of likely N-dealkylation sites (tertiary alicyclic amines) is 1. The SMILES string of the molecule is COc1ccc2nccc(C(O)CC[C@@H]3CCN(CCSc4ccccn4)C[C@@H]3CO)c2c1. The van der Waals surface area contributed by atoms with Crippen molar-refractivity contribution in [3.63, 3.8) is 0 Å². The van der Waals surface area contributed by atoms with Crippen molar-refractivity contribution in [2.24, 2.45) is 11.8 Å². The van der Waals surface area contributed by atoms with Gasteiger partial charge in [0, 0.05) is 43.2 Å². The van der Waals surface area contributed by atoms with E-state index in [1.165, 1.54) is 0 Å². The molecule has 3 heterocycles. The number of thioether (sulfide) groups is 1. The molecular weight excluding hydrogens is 434 g/mol. The highest BCUT2D eigenvalue weighted by Gasteiger charge is 2.29. The number of aliphatic hydroxyl groups excluding tert-OH is 2. The summed E-state index contributed by atoms with van der Waals surface area (Å²) in [7, 11) is 1.65. The Morgan fingerprint density at radius 3 is 2.85 bits per heavy atom. The number of piperidine rings is 1. The molecule has 176 valence electrons. The van der Waals surface area contributed by atoms with Gasteiger partial charge in [-0.15, -0.1) is 11.8 Å². The van der Waals surface area contributed by atoms with Crippen LogP contribution in [0.1, 0.15) is 30.9 Å². The molecule has 3 atom stereocenters. The van der Waals surface area contributed by atoms with Crippen molar-refractivity contribution in [1.82, 2.24) is 14.9 Å². The topological polar surface area (TPSA) is 78.7 Å². The molecule has 1 unspecified atom stereocenters. The predicted octanol–water partition coefficient (Wildman–Crippen LogP) is 4.17. The highest BCUT2D eigenvalue weighted by molar-refractivity contribution is 7.99. The third-order valence-corrected chi connectivity index (χ3v) is 7.58. The Morgan fingerprint density at radius 1 is 1.15 bits per heavy atom. The minimum absolute atomic E-state index is 0.194. The number of nitrogens with zero attached hydrogens (tertiary/aromatic N) is 3. The van der Waals surface area contributed by atoms with Crippen LogP contribution in [0.25, 0.3) is 10.9 Å². The first kappa shape index (κ1) is 24.0. The first-order valence-corrected chi connectivity index (χ1v) is 12.6. The summed E-state index contributed by atoms with van der Waals surface area (Å²) in [5, 5.41) is 23.0. The average molecular weight is 468 g/mol. The lowest BCUT2D eigenvalue weighted by Gasteiger charge is -2.38. The second-order valence-electron chi connectivity index (χ2n) is 8.68. The largest absolute Gasteiger partial charge is 0.497 e. The Hall–Kier alpha value is -2.19. The molecule has 1 aliphatic rings. The summed E-state index contributed by atoms with van der Waals surface area (Å²) in [6.45, 7) is 3.14. The lowest BCUT2D eigenvalue weighted by molar-refractivity contribution is 0.0608. The van der Waals surface area contributed by atoms with Crippen molar-refractivity contribution in [1.29, 1.82) is 0 Å². The van der Waals surface area contributed by atoms with Gasteiger partial charge < -0.3 is 19.8 Å². The number of fused-ring (bicyclic) bond motifs is 1. The zero-order chi connectivity index (χ0) is 23.0. The molecule has 7 heteroatoms. The Bertz CT molecular complexity index is 1020. The Labute approximate surface area is 200 Å². The number of benzene rings is 1. The maximum Gasteiger partial charge on any atom is 0.119 e. The number of pyridine rings is 2. The molecule has 1 aromatic carbocycles. The Kier molecular flexibility index (Phi) is 8.56. The van der Waals surface area contributed by atoms with Crippen LogP contribution in [-0.2, 0) is 0 Å². The molecule has 4 rings (SSSR count). The molecule has 1 aliphatic heterocycles. The second-order valence-corrected chi connectivity index (χ2v) is 9.80. The van der Waals surface area contributed by atoms with E-state index in [-0.39, 0.29) is 12.5 Å². The molecule has 33 heavy (non-hydrogen) atoms. The van der Waals surface area contributed by atoms with Gasteiger partial charge in [0.05, 0.1) is 23.8 Å². The van der Waals surface area contributed by atoms with E-state index in [0.29, 0.717) is 12.3 Å². The molecular formula is C26H33N3O3S. The molecule has 2 aromatic heterocycles. The van der Waals surface area contributed by atoms with Crippen molar-refractivity contribution in [2.75, 3.05) is 39.1 Å². The van der Waals surface area contributed by atoms with E-state index >= 15 is 0 Å². The summed E-state index contributed by atoms with van der Waals surface area (Å²) in [4.78, 5) is 11.2. The standard InChI is InChI=1S/C26H33N3O3S/c1-32-21-6-7-24-23(16-21)22(9-12-27-24)25(31)8-5-19-10-13-29(17-20(19)18-30)14-15-33-26-4-2-3-11-28-26/h2-4,6-7,9,11-12,16,19-20,25,30-31H,5,8,10,13-15,17-18H2,1H3/t19-,20-,25?/m1/s1. The smallest absolute Gasteiger partial charge is 0.119 e. The number of methoxy groups -OCH3 is 1. The zero-order valence-corrected chi connectivity index (χ0v) is 20.0. The predicted molar refractivity (Wildman–Crippen MR) is 133 cm³/mol. The van der Waals surface area contributed by atoms with E-state index < -0.39 is 6.10 Å². The summed E-state index contributed by atoms with van der Waals surface area (Å²) < 4.78 is 5.36. The zero-order valence-electron chi connectivity index (χ0n) is 19.1. The van der Waals surface area contributed by atoms with Gasteiger partial charge in [-0.25, -0.2) is 4.98 Å². The minimum atomic E-state index is -0.560. The quantitative estimate of drug-likeness (QED) is 0.433. The van der Waals surface area contributed by atoms with Crippen molar-refractivity contribution >= 4 is 22.7 Å². The first-order chi connectivity index (χ1) is 16.2. The fraction of sp³-hybridized carbons (Fsp3) is 0.462. The summed E-state index contributed by atoms with van der Waals surface area (Å²) in [6.07, 6.45) is 5.65. The molecule has 0 radical (unpaired) electrons. The molecule has 6 nitrogen and oxygen atoms in total. The molecule has 0 saturated carbocycles. The van der Waals surface area contributed by atoms with Gasteiger partial charge in [0.15, 0.2) is 0 Å². The summed E-state index contributed by atoms with van der Waals surface area (Å²) in [5.74, 6) is 2.43. The molecule has 1 fully saturated rings. The Balaban J connectivity index is 1.30. The number of ether oxygens (including phenoxy) is 1. The maximum atomic E-state index is 11.0. The lowest BCUT2D eigenvalue weighted by Crippen LogP contribution is -2.43. The van der Waals surface area contributed by atoms with E-state index in [2.05, 4.69) is 14.9 Å². The van der Waals surface area contributed by atoms with E-state index in [4.69, 9.17) is 4.74 Å². The van der Waals surface area contributed by atoms with E-state index in [9.17, 15) is 10.2 Å². The van der Waals surface area contributed by atoms with Gasteiger partial charge in [0.1, 0.15) is 5.75 Å². The lowest BCUT2D eigenvalue weighted by atomic mass is 9.81. The van der Waals surface area contributed by atoms with Crippen LogP contribution in [0, 0.1) is 11.8 Å². The fourth-order valence-corrected chi connectivity index (χ4v) is 5.62. The molecule has 0 spiro atoms. The van der Waals surface area contributed by atoms with Gasteiger partial charge in [-0.1, -0.05) is 6.07 Å². The van der Waals surface area contributed by atoms with Crippen LogP contribution in [0.3, 0.4) is 0 Å². The molecule has 1 saturated heterocycles. The van der Waals surface area contributed by atoms with Crippen LogP contribution in [-0.4, -0.2) is 64.2 Å². The highest BCUT2D eigenvalue weighted by atomic mass is 32.2. The third-order valence-electron chi connectivity index (χ3n) is 6.66. The minimum Gasteiger partial charge on any atom is -0.497 e. The van der Waals surface area contributed by atoms with Gasteiger partial charge in [0.25, 0.3) is 0 Å². The number of rotatable bonds is 10. The van der Waals surface area contributed by atoms with Crippen LogP contribution < -0.4 is 4.74 Å². The highest BCUT2D eigenvalue weighted by Crippen LogP contribution is 2.33. The van der Waals surface area contributed by atoms with Gasteiger partial charge in [-0.3, -0.25) is 4.98 Å². The Morgan fingerprint density at radius 2 is 2.06 bits per heavy atom. The third kappa shape index (κ3) is 6.23. The van der Waals surface area contributed by atoms with Crippen LogP contribution in [0.2, 0.25) is 0 Å². The maximum absolute atomic E-state index is 11.0. The van der Waals surface area contributed by atoms with Crippen LogP contribution >= 0.6 is 11.8 Å². The van der Waals surface area contributed by atoms with Gasteiger partial charge >= 0.3 is 0 Å². The first-order valence-electron chi connectivity index (χ1n) is 11.7. The summed E-state index contributed by atoms with van der Waals surface area (Å²) in [5.41, 5.74) is 1.75. The molecule has 2 N–H and O–H groups in total. The number of aromatic nitrogens is 2. The normalized spacial score (nSPS) is 20.1. The molecule has 3 aromatic rings. The van der Waals surface area contributed by atoms with Crippen LogP contribution in [0.15, 0.2) is 59.9 Å². The van der Waals surface area contributed by atoms with Crippen LogP contribution in [0.5, 0.6) is 5.75 Å². The van der Waals surface area contributed by atoms with Crippen LogP contribution in [0.4, 0.5) is 0 Å². The van der Waals surface area contributed by atoms with Crippen molar-refractivity contribution in [2.45, 2.75) is 30.4 Å². The van der Waals surface area contributed by atoms with Crippen molar-refractivity contribution in [3.8, 4) is 5.75 Å². The number of aliphatic hydroxyl groups is 2. The van der Waals surface area contributed by atoms with Gasteiger partial charge in [-0.2, -0.15) is 0 Å². The second kappa shape index (κ2) is 11.8.